The number of rotatable bonds is 8. The highest BCUT2D eigenvalue weighted by molar-refractivity contribution is 7.89. The number of hydrogen-bond acceptors (Lipinski definition) is 4. The van der Waals surface area contributed by atoms with E-state index in [1.165, 1.54) is 0 Å². The van der Waals surface area contributed by atoms with E-state index in [1.54, 1.807) is 24.3 Å². The molecule has 0 bridgehead atoms. The van der Waals surface area contributed by atoms with E-state index in [-0.39, 0.29) is 10.3 Å². The molecule has 1 aliphatic rings. The molecule has 21 heavy (non-hydrogen) atoms. The Morgan fingerprint density at radius 1 is 1.29 bits per heavy atom. The summed E-state index contributed by atoms with van der Waals surface area (Å²) in [5.74, 6) is 1.12. The molecule has 3 N–H and O–H groups in total. The van der Waals surface area contributed by atoms with Gasteiger partial charge in [0, 0.05) is 13.1 Å². The van der Waals surface area contributed by atoms with Crippen LogP contribution in [0.5, 0.6) is 5.75 Å². The van der Waals surface area contributed by atoms with Gasteiger partial charge in [0.05, 0.1) is 4.90 Å². The third-order valence-corrected chi connectivity index (χ3v) is 5.67. The SMILES string of the molecule is CC(C)C1(CNS(=O)(=O)c2ccc(OCCN)cc2)CC1. The van der Waals surface area contributed by atoms with Crippen LogP contribution >= 0.6 is 0 Å². The lowest BCUT2D eigenvalue weighted by Crippen LogP contribution is -2.32. The number of nitrogens with two attached hydrogens (primary N) is 1. The van der Waals surface area contributed by atoms with E-state index < -0.39 is 10.0 Å². The Kier molecular flexibility index (Phi) is 4.91. The van der Waals surface area contributed by atoms with Gasteiger partial charge in [0.2, 0.25) is 10.0 Å². The van der Waals surface area contributed by atoms with Crippen molar-refractivity contribution in [1.82, 2.24) is 4.72 Å². The fourth-order valence-corrected chi connectivity index (χ4v) is 3.47. The Balaban J connectivity index is 1.99. The molecule has 1 saturated carbocycles. The van der Waals surface area contributed by atoms with Gasteiger partial charge in [0.25, 0.3) is 0 Å². The lowest BCUT2D eigenvalue weighted by molar-refractivity contribution is 0.328. The summed E-state index contributed by atoms with van der Waals surface area (Å²) < 4.78 is 32.6. The van der Waals surface area contributed by atoms with Crippen molar-refractivity contribution in [2.24, 2.45) is 17.1 Å². The number of ether oxygens (including phenoxy) is 1. The van der Waals surface area contributed by atoms with Crippen molar-refractivity contribution in [3.63, 3.8) is 0 Å². The monoisotopic (exact) mass is 312 g/mol. The van der Waals surface area contributed by atoms with Gasteiger partial charge in [-0.2, -0.15) is 0 Å². The molecule has 1 aromatic carbocycles. The Labute approximate surface area is 126 Å². The first-order chi connectivity index (χ1) is 9.89. The minimum atomic E-state index is -3.45. The Hall–Kier alpha value is -1.11. The third kappa shape index (κ3) is 3.96. The Morgan fingerprint density at radius 2 is 1.90 bits per heavy atom. The zero-order chi connectivity index (χ0) is 15.5. The maximum Gasteiger partial charge on any atom is 0.240 e. The summed E-state index contributed by atoms with van der Waals surface area (Å²) in [4.78, 5) is 0.266. The number of nitrogens with one attached hydrogen (secondary N) is 1. The molecule has 1 aromatic rings. The highest BCUT2D eigenvalue weighted by Crippen LogP contribution is 2.51. The molecule has 0 atom stereocenters. The lowest BCUT2D eigenvalue weighted by Gasteiger charge is -2.20. The van der Waals surface area contributed by atoms with Crippen LogP contribution in [0.25, 0.3) is 0 Å². The summed E-state index contributed by atoms with van der Waals surface area (Å²) in [6, 6.07) is 6.42. The van der Waals surface area contributed by atoms with Crippen LogP contribution in [0.2, 0.25) is 0 Å². The molecule has 118 valence electrons. The van der Waals surface area contributed by atoms with Crippen LogP contribution in [0.4, 0.5) is 0 Å². The van der Waals surface area contributed by atoms with E-state index in [4.69, 9.17) is 10.5 Å². The van der Waals surface area contributed by atoms with E-state index in [0.29, 0.717) is 31.4 Å². The molecular formula is C15H24N2O3S. The molecule has 0 aliphatic heterocycles. The fraction of sp³-hybridized carbons (Fsp3) is 0.600. The molecule has 1 aliphatic carbocycles. The van der Waals surface area contributed by atoms with Crippen molar-refractivity contribution in [2.45, 2.75) is 31.6 Å². The quantitative estimate of drug-likeness (QED) is 0.766. The van der Waals surface area contributed by atoms with E-state index in [1.807, 2.05) is 0 Å². The third-order valence-electron chi connectivity index (χ3n) is 4.25. The summed E-state index contributed by atoms with van der Waals surface area (Å²) >= 11 is 0. The van der Waals surface area contributed by atoms with Crippen molar-refractivity contribution >= 4 is 10.0 Å². The first-order valence-corrected chi connectivity index (χ1v) is 8.80. The van der Waals surface area contributed by atoms with E-state index in [0.717, 1.165) is 12.8 Å². The van der Waals surface area contributed by atoms with Crippen LogP contribution < -0.4 is 15.2 Å². The zero-order valence-corrected chi connectivity index (χ0v) is 13.4. The van der Waals surface area contributed by atoms with Crippen LogP contribution in [0.15, 0.2) is 29.2 Å². The number of hydrogen-bond donors (Lipinski definition) is 2. The second kappa shape index (κ2) is 6.34. The molecule has 1 fully saturated rings. The van der Waals surface area contributed by atoms with E-state index in [2.05, 4.69) is 18.6 Å². The highest BCUT2D eigenvalue weighted by atomic mass is 32.2. The molecule has 2 rings (SSSR count). The second-order valence-corrected chi connectivity index (χ2v) is 7.72. The number of sulfonamides is 1. The summed E-state index contributed by atoms with van der Waals surface area (Å²) in [5.41, 5.74) is 5.51. The maximum atomic E-state index is 12.3. The fourth-order valence-electron chi connectivity index (χ4n) is 2.33. The summed E-state index contributed by atoms with van der Waals surface area (Å²) in [6.45, 7) is 5.65. The first-order valence-electron chi connectivity index (χ1n) is 7.32. The average molecular weight is 312 g/mol. The van der Waals surface area contributed by atoms with E-state index in [9.17, 15) is 8.42 Å². The molecule has 0 saturated heterocycles. The predicted octanol–water partition coefficient (Wildman–Crippen LogP) is 1.74. The minimum absolute atomic E-state index is 0.150. The highest BCUT2D eigenvalue weighted by Gasteiger charge is 2.45. The standard InChI is InChI=1S/C15H24N2O3S/c1-12(2)15(7-8-15)11-17-21(18,19)14-5-3-13(4-6-14)20-10-9-16/h3-6,12,17H,7-11,16H2,1-2H3. The van der Waals surface area contributed by atoms with Gasteiger partial charge in [0.15, 0.2) is 0 Å². The molecule has 0 radical (unpaired) electrons. The van der Waals surface area contributed by atoms with Gasteiger partial charge in [-0.25, -0.2) is 13.1 Å². The largest absolute Gasteiger partial charge is 0.492 e. The molecule has 0 aromatic heterocycles. The molecule has 0 heterocycles. The molecular weight excluding hydrogens is 288 g/mol. The predicted molar refractivity (Wildman–Crippen MR) is 82.7 cm³/mol. The van der Waals surface area contributed by atoms with Crippen molar-refractivity contribution in [3.8, 4) is 5.75 Å². The van der Waals surface area contributed by atoms with Crippen molar-refractivity contribution in [1.29, 1.82) is 0 Å². The second-order valence-electron chi connectivity index (χ2n) is 5.95. The van der Waals surface area contributed by atoms with Gasteiger partial charge in [-0.3, -0.25) is 0 Å². The normalized spacial score (nSPS) is 17.0. The van der Waals surface area contributed by atoms with Gasteiger partial charge >= 0.3 is 0 Å². The van der Waals surface area contributed by atoms with E-state index >= 15 is 0 Å². The average Bonchev–Trinajstić information content (AvgIpc) is 3.25. The maximum absolute atomic E-state index is 12.3. The molecule has 0 amide bonds. The Morgan fingerprint density at radius 3 is 2.38 bits per heavy atom. The van der Waals surface area contributed by atoms with Gasteiger partial charge < -0.3 is 10.5 Å². The van der Waals surface area contributed by atoms with Gasteiger partial charge in [-0.1, -0.05) is 13.8 Å². The number of benzene rings is 1. The summed E-state index contributed by atoms with van der Waals surface area (Å²) in [6.07, 6.45) is 2.19. The Bertz CT molecular complexity index is 563. The van der Waals surface area contributed by atoms with Crippen LogP contribution in [0.3, 0.4) is 0 Å². The smallest absolute Gasteiger partial charge is 0.240 e. The molecule has 5 nitrogen and oxygen atoms in total. The van der Waals surface area contributed by atoms with Crippen LogP contribution in [-0.2, 0) is 10.0 Å². The molecule has 6 heteroatoms. The topological polar surface area (TPSA) is 81.4 Å². The first kappa shape index (κ1) is 16.3. The van der Waals surface area contributed by atoms with Gasteiger partial charge in [-0.15, -0.1) is 0 Å². The van der Waals surface area contributed by atoms with Crippen LogP contribution in [0, 0.1) is 11.3 Å². The summed E-state index contributed by atoms with van der Waals surface area (Å²) in [7, 11) is -3.45. The minimum Gasteiger partial charge on any atom is -0.492 e. The molecule has 0 spiro atoms. The summed E-state index contributed by atoms with van der Waals surface area (Å²) in [5, 5.41) is 0. The molecule has 0 unspecified atom stereocenters. The van der Waals surface area contributed by atoms with Crippen molar-refractivity contribution in [3.05, 3.63) is 24.3 Å². The van der Waals surface area contributed by atoms with Gasteiger partial charge in [-0.05, 0) is 48.4 Å². The zero-order valence-electron chi connectivity index (χ0n) is 12.6. The van der Waals surface area contributed by atoms with Crippen molar-refractivity contribution in [2.75, 3.05) is 19.7 Å². The van der Waals surface area contributed by atoms with Crippen LogP contribution in [-0.4, -0.2) is 28.1 Å². The lowest BCUT2D eigenvalue weighted by atomic mass is 9.93. The van der Waals surface area contributed by atoms with Gasteiger partial charge in [0.1, 0.15) is 12.4 Å². The van der Waals surface area contributed by atoms with Crippen molar-refractivity contribution < 1.29 is 13.2 Å². The van der Waals surface area contributed by atoms with Crippen LogP contribution in [0.1, 0.15) is 26.7 Å².